The number of hydrogen-bond donors (Lipinski definition) is 2. The Balaban J connectivity index is 3.80. The second kappa shape index (κ2) is 6.98. The second-order valence-electron chi connectivity index (χ2n) is 3.92. The zero-order chi connectivity index (χ0) is 11.9. The van der Waals surface area contributed by atoms with Gasteiger partial charge in [0, 0.05) is 12.1 Å². The molecule has 0 aliphatic rings. The van der Waals surface area contributed by atoms with Gasteiger partial charge in [-0.05, 0) is 19.9 Å². The molecule has 4 nitrogen and oxygen atoms in total. The molecule has 0 aromatic carbocycles. The Morgan fingerprint density at radius 3 is 2.40 bits per heavy atom. The summed E-state index contributed by atoms with van der Waals surface area (Å²) in [7, 11) is -3.15. The highest BCUT2D eigenvalue weighted by atomic mass is 32.2. The van der Waals surface area contributed by atoms with Crippen LogP contribution in [0.15, 0.2) is 12.7 Å². The van der Waals surface area contributed by atoms with Gasteiger partial charge in [0.1, 0.15) is 0 Å². The number of hydrogen-bond acceptors (Lipinski definition) is 3. The smallest absolute Gasteiger partial charge is 0.212 e. The van der Waals surface area contributed by atoms with Gasteiger partial charge in [-0.2, -0.15) is 0 Å². The molecule has 0 radical (unpaired) electrons. The van der Waals surface area contributed by atoms with Crippen LogP contribution in [0.25, 0.3) is 0 Å². The minimum atomic E-state index is -3.15. The topological polar surface area (TPSA) is 58.2 Å². The average Bonchev–Trinajstić information content (AvgIpc) is 2.11. The molecule has 0 heterocycles. The molecule has 1 unspecified atom stereocenters. The first-order valence-corrected chi connectivity index (χ1v) is 6.88. The summed E-state index contributed by atoms with van der Waals surface area (Å²) in [6.45, 7) is 10.1. The Labute approximate surface area is 93.2 Å². The predicted octanol–water partition coefficient (Wildman–Crippen LogP) is 0.868. The zero-order valence-electron chi connectivity index (χ0n) is 9.79. The fraction of sp³-hybridized carbons (Fsp3) is 0.800. The van der Waals surface area contributed by atoms with E-state index in [2.05, 4.69) is 16.6 Å². The van der Waals surface area contributed by atoms with Crippen molar-refractivity contribution < 1.29 is 8.42 Å². The predicted molar refractivity (Wildman–Crippen MR) is 64.3 cm³/mol. The van der Waals surface area contributed by atoms with E-state index in [1.807, 2.05) is 13.8 Å². The van der Waals surface area contributed by atoms with Crippen molar-refractivity contribution in [1.82, 2.24) is 10.0 Å². The van der Waals surface area contributed by atoms with Gasteiger partial charge in [0.25, 0.3) is 0 Å². The Kier molecular flexibility index (Phi) is 6.80. The van der Waals surface area contributed by atoms with Crippen molar-refractivity contribution in [2.45, 2.75) is 39.3 Å². The second-order valence-corrected chi connectivity index (χ2v) is 5.80. The molecule has 0 aromatic rings. The first-order valence-electron chi connectivity index (χ1n) is 5.23. The van der Waals surface area contributed by atoms with Crippen LogP contribution < -0.4 is 10.0 Å². The standard InChI is InChI=1S/C10H22N2O2S/c1-5-10(4)12-15(13,14)8-6-7-11-9(2)3/h5,9-12H,1,6-8H2,2-4H3. The van der Waals surface area contributed by atoms with Crippen LogP contribution >= 0.6 is 0 Å². The van der Waals surface area contributed by atoms with Gasteiger partial charge in [0.2, 0.25) is 10.0 Å². The Bertz CT molecular complexity index is 273. The van der Waals surface area contributed by atoms with Crippen molar-refractivity contribution in [2.24, 2.45) is 0 Å². The molecule has 0 fully saturated rings. The summed E-state index contributed by atoms with van der Waals surface area (Å²) in [6, 6.07) is 0.195. The van der Waals surface area contributed by atoms with Crippen LogP contribution in [0.1, 0.15) is 27.2 Å². The SMILES string of the molecule is C=CC(C)NS(=O)(=O)CCCNC(C)C. The highest BCUT2D eigenvalue weighted by Gasteiger charge is 2.11. The third kappa shape index (κ3) is 8.59. The molecular formula is C10H22N2O2S. The fourth-order valence-electron chi connectivity index (χ4n) is 1.04. The van der Waals surface area contributed by atoms with Crippen LogP contribution in [-0.4, -0.2) is 32.8 Å². The summed E-state index contributed by atoms with van der Waals surface area (Å²) >= 11 is 0. The van der Waals surface area contributed by atoms with Crippen molar-refractivity contribution in [2.75, 3.05) is 12.3 Å². The van der Waals surface area contributed by atoms with Gasteiger partial charge in [0.05, 0.1) is 5.75 Å². The highest BCUT2D eigenvalue weighted by molar-refractivity contribution is 7.89. The summed E-state index contributed by atoms with van der Waals surface area (Å²) in [6.07, 6.45) is 2.20. The molecule has 0 rings (SSSR count). The zero-order valence-corrected chi connectivity index (χ0v) is 10.6. The van der Waals surface area contributed by atoms with Crippen LogP contribution in [0.4, 0.5) is 0 Å². The highest BCUT2D eigenvalue weighted by Crippen LogP contribution is 1.93. The van der Waals surface area contributed by atoms with E-state index in [1.54, 1.807) is 13.0 Å². The van der Waals surface area contributed by atoms with Gasteiger partial charge in [-0.1, -0.05) is 19.9 Å². The van der Waals surface area contributed by atoms with E-state index in [4.69, 9.17) is 0 Å². The molecule has 0 aromatic heterocycles. The van der Waals surface area contributed by atoms with E-state index in [0.717, 1.165) is 6.54 Å². The van der Waals surface area contributed by atoms with Gasteiger partial charge in [-0.15, -0.1) is 6.58 Å². The largest absolute Gasteiger partial charge is 0.314 e. The average molecular weight is 234 g/mol. The van der Waals surface area contributed by atoms with Crippen LogP contribution in [0, 0.1) is 0 Å². The molecule has 0 saturated heterocycles. The van der Waals surface area contributed by atoms with Gasteiger partial charge >= 0.3 is 0 Å². The van der Waals surface area contributed by atoms with Gasteiger partial charge in [-0.3, -0.25) is 0 Å². The molecule has 2 N–H and O–H groups in total. The minimum absolute atomic E-state index is 0.158. The summed E-state index contributed by atoms with van der Waals surface area (Å²) in [4.78, 5) is 0. The lowest BCUT2D eigenvalue weighted by atomic mass is 10.4. The van der Waals surface area contributed by atoms with E-state index in [1.165, 1.54) is 0 Å². The molecule has 0 amide bonds. The summed E-state index contributed by atoms with van der Waals surface area (Å²) in [5.74, 6) is 0.158. The Morgan fingerprint density at radius 2 is 1.93 bits per heavy atom. The molecular weight excluding hydrogens is 212 g/mol. The summed E-state index contributed by atoms with van der Waals surface area (Å²) < 4.78 is 25.4. The Morgan fingerprint density at radius 1 is 1.33 bits per heavy atom. The molecule has 0 spiro atoms. The van der Waals surface area contributed by atoms with Crippen LogP contribution in [0.3, 0.4) is 0 Å². The van der Waals surface area contributed by atoms with Gasteiger partial charge in [0.15, 0.2) is 0 Å². The molecule has 90 valence electrons. The maximum Gasteiger partial charge on any atom is 0.212 e. The van der Waals surface area contributed by atoms with Crippen LogP contribution in [0.5, 0.6) is 0 Å². The molecule has 0 aliphatic heterocycles. The molecule has 0 bridgehead atoms. The van der Waals surface area contributed by atoms with E-state index in [9.17, 15) is 8.42 Å². The first kappa shape index (κ1) is 14.6. The third-order valence-electron chi connectivity index (χ3n) is 1.86. The number of nitrogens with one attached hydrogen (secondary N) is 2. The number of rotatable bonds is 8. The molecule has 0 aliphatic carbocycles. The van der Waals surface area contributed by atoms with Crippen molar-refractivity contribution in [1.29, 1.82) is 0 Å². The quantitative estimate of drug-likeness (QED) is 0.484. The molecule has 0 saturated carbocycles. The van der Waals surface area contributed by atoms with Crippen molar-refractivity contribution in [3.63, 3.8) is 0 Å². The fourth-order valence-corrected chi connectivity index (χ4v) is 2.35. The number of sulfonamides is 1. The van der Waals surface area contributed by atoms with Crippen molar-refractivity contribution in [3.8, 4) is 0 Å². The van der Waals surface area contributed by atoms with Crippen molar-refractivity contribution >= 4 is 10.0 Å². The summed E-state index contributed by atoms with van der Waals surface area (Å²) in [5.41, 5.74) is 0. The van der Waals surface area contributed by atoms with Gasteiger partial charge in [-0.25, -0.2) is 13.1 Å². The van der Waals surface area contributed by atoms with E-state index in [-0.39, 0.29) is 11.8 Å². The molecule has 5 heteroatoms. The maximum absolute atomic E-state index is 11.5. The lowest BCUT2D eigenvalue weighted by molar-refractivity contribution is 0.557. The van der Waals surface area contributed by atoms with Crippen LogP contribution in [-0.2, 0) is 10.0 Å². The maximum atomic E-state index is 11.5. The minimum Gasteiger partial charge on any atom is -0.314 e. The first-order chi connectivity index (χ1) is 6.87. The summed E-state index contributed by atoms with van der Waals surface area (Å²) in [5, 5.41) is 3.17. The van der Waals surface area contributed by atoms with Crippen molar-refractivity contribution in [3.05, 3.63) is 12.7 Å². The van der Waals surface area contributed by atoms with Crippen LogP contribution in [0.2, 0.25) is 0 Å². The normalized spacial score (nSPS) is 14.1. The van der Waals surface area contributed by atoms with E-state index >= 15 is 0 Å². The third-order valence-corrected chi connectivity index (χ3v) is 3.42. The van der Waals surface area contributed by atoms with E-state index < -0.39 is 10.0 Å². The van der Waals surface area contributed by atoms with E-state index in [0.29, 0.717) is 12.5 Å². The van der Waals surface area contributed by atoms with Gasteiger partial charge < -0.3 is 5.32 Å². The lowest BCUT2D eigenvalue weighted by Gasteiger charge is -2.11. The molecule has 15 heavy (non-hydrogen) atoms. The lowest BCUT2D eigenvalue weighted by Crippen LogP contribution is -2.34. The monoisotopic (exact) mass is 234 g/mol. The Hall–Kier alpha value is -0.390. The molecule has 1 atom stereocenters.